The quantitative estimate of drug-likeness (QED) is 0.146. The minimum absolute atomic E-state index is 0.0123. The summed E-state index contributed by atoms with van der Waals surface area (Å²) >= 11 is 0. The molecule has 3 aromatic rings. The lowest BCUT2D eigenvalue weighted by Gasteiger charge is -2.15. The van der Waals surface area contributed by atoms with Crippen LogP contribution in [0.15, 0.2) is 57.8 Å². The Labute approximate surface area is 233 Å². The summed E-state index contributed by atoms with van der Waals surface area (Å²) in [5, 5.41) is 0.608. The van der Waals surface area contributed by atoms with Gasteiger partial charge < -0.3 is 4.42 Å². The lowest BCUT2D eigenvalue weighted by atomic mass is 9.81. The van der Waals surface area contributed by atoms with E-state index in [9.17, 15) is 21.6 Å². The van der Waals surface area contributed by atoms with Gasteiger partial charge in [0.25, 0.3) is 10.1 Å². The molecular weight excluding hydrogens is 550 g/mol. The van der Waals surface area contributed by atoms with Crippen molar-refractivity contribution in [2.24, 2.45) is 0 Å². The first-order chi connectivity index (χ1) is 18.8. The van der Waals surface area contributed by atoms with E-state index in [1.807, 2.05) is 24.3 Å². The maximum atomic E-state index is 12.9. The van der Waals surface area contributed by atoms with E-state index in [2.05, 4.69) is 36.3 Å². The average Bonchev–Trinajstić information content (AvgIpc) is 3.08. The van der Waals surface area contributed by atoms with Crippen molar-refractivity contribution in [3.63, 3.8) is 0 Å². The second kappa shape index (κ2) is 10.5. The van der Waals surface area contributed by atoms with Crippen LogP contribution < -0.4 is 5.63 Å². The molecule has 2 aliphatic heterocycles. The van der Waals surface area contributed by atoms with Crippen LogP contribution in [0.2, 0.25) is 0 Å². The van der Waals surface area contributed by atoms with Gasteiger partial charge >= 0.3 is 5.63 Å². The molecule has 208 valence electrons. The van der Waals surface area contributed by atoms with Gasteiger partial charge in [0, 0.05) is 41.5 Å². The monoisotopic (exact) mass is 580 g/mol. The third-order valence-corrected chi connectivity index (χ3v) is 9.76. The van der Waals surface area contributed by atoms with Crippen molar-refractivity contribution in [1.29, 1.82) is 0 Å². The van der Waals surface area contributed by atoms with E-state index in [4.69, 9.17) is 8.97 Å². The molecule has 0 unspecified atom stereocenters. The van der Waals surface area contributed by atoms with Gasteiger partial charge in [-0.25, -0.2) is 13.2 Å². The Bertz CT molecular complexity index is 1920. The standard InChI is InChI=1S/C30H29NO7S2/c1-30(2)25-10-3-4-11-26(25)31(14-6-8-16-40(35,36)37)28(30)13-12-22-17-23-18-24-20-39(33,34)15-7-5-9-21(24)19-27(23)38-29(22)32/h3-4,10-13,17-19H,6-8,14-16,20H2,1-2H3/p+1. The summed E-state index contributed by atoms with van der Waals surface area (Å²) in [4.78, 5) is 12.9. The summed E-state index contributed by atoms with van der Waals surface area (Å²) in [5.41, 5.74) is 3.92. The molecular formula is C30H30NO7S2+. The summed E-state index contributed by atoms with van der Waals surface area (Å²) in [6, 6.07) is 13.0. The number of para-hydroxylation sites is 1. The molecule has 1 aromatic heterocycles. The largest absolute Gasteiger partial charge is 0.422 e. The second-order valence-electron chi connectivity index (χ2n) is 10.7. The molecule has 3 heterocycles. The van der Waals surface area contributed by atoms with Crippen molar-refractivity contribution in [3.8, 4) is 11.8 Å². The van der Waals surface area contributed by atoms with Gasteiger partial charge in [0.2, 0.25) is 5.69 Å². The van der Waals surface area contributed by atoms with Crippen LogP contribution in [0.3, 0.4) is 0 Å². The normalized spacial score (nSPS) is 17.7. The Morgan fingerprint density at radius 1 is 1.12 bits per heavy atom. The van der Waals surface area contributed by atoms with E-state index in [0.717, 1.165) is 17.0 Å². The first-order valence-electron chi connectivity index (χ1n) is 13.0. The Morgan fingerprint density at radius 2 is 1.90 bits per heavy atom. The molecule has 0 aliphatic carbocycles. The molecule has 0 atom stereocenters. The van der Waals surface area contributed by atoms with Gasteiger partial charge in [-0.15, -0.1) is 0 Å². The van der Waals surface area contributed by atoms with Gasteiger partial charge in [-0.3, -0.25) is 4.55 Å². The maximum Gasteiger partial charge on any atom is 0.343 e. The Morgan fingerprint density at radius 3 is 2.67 bits per heavy atom. The van der Waals surface area contributed by atoms with Crippen LogP contribution in [0.5, 0.6) is 0 Å². The second-order valence-corrected chi connectivity index (χ2v) is 14.4. The molecule has 5 rings (SSSR count). The third-order valence-electron chi connectivity index (χ3n) is 7.38. The van der Waals surface area contributed by atoms with Crippen LogP contribution in [-0.2, 0) is 31.1 Å². The fraction of sp³-hybridized carbons (Fsp3) is 0.333. The van der Waals surface area contributed by atoms with Gasteiger partial charge in [0.1, 0.15) is 12.1 Å². The van der Waals surface area contributed by atoms with Crippen molar-refractivity contribution in [3.05, 3.63) is 81.2 Å². The number of allylic oxidation sites excluding steroid dienone is 1. The first kappa shape index (κ1) is 28.0. The van der Waals surface area contributed by atoms with Gasteiger partial charge in [-0.05, 0) is 50.1 Å². The summed E-state index contributed by atoms with van der Waals surface area (Å²) in [6.45, 7) is 4.71. The zero-order chi connectivity index (χ0) is 28.7. The highest BCUT2D eigenvalue weighted by atomic mass is 32.2. The maximum absolute atomic E-state index is 12.9. The van der Waals surface area contributed by atoms with Crippen LogP contribution in [0, 0.1) is 11.8 Å². The molecule has 1 N–H and O–H groups in total. The topological polar surface area (TPSA) is 122 Å². The highest BCUT2D eigenvalue weighted by Gasteiger charge is 2.43. The van der Waals surface area contributed by atoms with Crippen LogP contribution in [0.4, 0.5) is 5.69 Å². The zero-order valence-corrected chi connectivity index (χ0v) is 23.9. The molecule has 0 fully saturated rings. The molecule has 0 spiro atoms. The molecule has 10 heteroatoms. The molecule has 0 saturated heterocycles. The number of hydrogen-bond donors (Lipinski definition) is 1. The molecule has 0 amide bonds. The molecule has 0 bridgehead atoms. The van der Waals surface area contributed by atoms with Crippen molar-refractivity contribution in [2.45, 2.75) is 44.3 Å². The number of benzene rings is 2. The fourth-order valence-electron chi connectivity index (χ4n) is 5.36. The summed E-state index contributed by atoms with van der Waals surface area (Å²) < 4.78 is 64.0. The summed E-state index contributed by atoms with van der Waals surface area (Å²) in [7, 11) is -7.32. The first-order valence-corrected chi connectivity index (χ1v) is 16.4. The minimum atomic E-state index is -4.03. The number of hydrogen-bond acceptors (Lipinski definition) is 6. The zero-order valence-electron chi connectivity index (χ0n) is 22.3. The van der Waals surface area contributed by atoms with Gasteiger partial charge in [-0.2, -0.15) is 13.0 Å². The number of nitrogens with zero attached hydrogens (tertiary/aromatic N) is 1. The third kappa shape index (κ3) is 5.82. The highest BCUT2D eigenvalue weighted by Crippen LogP contribution is 2.40. The minimum Gasteiger partial charge on any atom is -0.422 e. The van der Waals surface area contributed by atoms with E-state index in [-0.39, 0.29) is 23.7 Å². The number of rotatable bonds is 7. The molecule has 8 nitrogen and oxygen atoms in total. The predicted octanol–water partition coefficient (Wildman–Crippen LogP) is 4.22. The van der Waals surface area contributed by atoms with Gasteiger partial charge in [0.05, 0.1) is 28.2 Å². The molecule has 40 heavy (non-hydrogen) atoms. The van der Waals surface area contributed by atoms with E-state index >= 15 is 0 Å². The van der Waals surface area contributed by atoms with E-state index in [1.54, 1.807) is 24.3 Å². The van der Waals surface area contributed by atoms with Gasteiger partial charge in [-0.1, -0.05) is 30.0 Å². The Hall–Kier alpha value is -3.52. The number of unbranched alkanes of at least 4 members (excludes halogenated alkanes) is 1. The van der Waals surface area contributed by atoms with Crippen LogP contribution in [-0.4, -0.2) is 49.7 Å². The fourth-order valence-corrected chi connectivity index (χ4v) is 7.20. The lowest BCUT2D eigenvalue weighted by Crippen LogP contribution is -2.28. The predicted molar refractivity (Wildman–Crippen MR) is 155 cm³/mol. The smallest absolute Gasteiger partial charge is 0.343 e. The lowest BCUT2D eigenvalue weighted by molar-refractivity contribution is -0.438. The van der Waals surface area contributed by atoms with Crippen LogP contribution in [0.1, 0.15) is 55.4 Å². The highest BCUT2D eigenvalue weighted by molar-refractivity contribution is 7.90. The molecule has 0 radical (unpaired) electrons. The molecule has 2 aliphatic rings. The molecule has 2 aromatic carbocycles. The van der Waals surface area contributed by atoms with Crippen molar-refractivity contribution < 1.29 is 30.4 Å². The van der Waals surface area contributed by atoms with Crippen LogP contribution >= 0.6 is 0 Å². The van der Waals surface area contributed by atoms with E-state index in [0.29, 0.717) is 47.0 Å². The van der Waals surface area contributed by atoms with Crippen molar-refractivity contribution in [2.75, 3.05) is 18.1 Å². The Kier molecular flexibility index (Phi) is 7.33. The van der Waals surface area contributed by atoms with E-state index < -0.39 is 31.0 Å². The summed E-state index contributed by atoms with van der Waals surface area (Å²) in [6.07, 6.45) is 4.70. The number of fused-ring (bicyclic) bond motifs is 3. The SMILES string of the molecule is CC1(C)C(C=Cc2cc3cc4c(cc3oc2=O)C#CCCS(=O)(=O)C4)=[N+](CCCCS(=O)(=O)O)c2ccccc21. The average molecular weight is 581 g/mol. The molecule has 0 saturated carbocycles. The van der Waals surface area contributed by atoms with Crippen molar-refractivity contribution in [1.82, 2.24) is 0 Å². The van der Waals surface area contributed by atoms with Gasteiger partial charge in [0.15, 0.2) is 15.5 Å². The summed E-state index contributed by atoms with van der Waals surface area (Å²) in [5.74, 6) is 5.47. The Balaban J connectivity index is 1.53. The number of sulfone groups is 1. The van der Waals surface area contributed by atoms with Crippen LogP contribution in [0.25, 0.3) is 17.0 Å². The van der Waals surface area contributed by atoms with E-state index in [1.165, 1.54) is 0 Å². The van der Waals surface area contributed by atoms with Crippen molar-refractivity contribution >= 4 is 48.4 Å².